The Kier molecular flexibility index (Phi) is 9.18. The van der Waals surface area contributed by atoms with Gasteiger partial charge in [-0.05, 0) is 57.9 Å². The number of alkyl carbamates (subject to hydrolysis) is 1. The van der Waals surface area contributed by atoms with Crippen LogP contribution in [0.15, 0.2) is 54.6 Å². The molecule has 0 unspecified atom stereocenters. The first-order chi connectivity index (χ1) is 15.9. The van der Waals surface area contributed by atoms with Gasteiger partial charge in [0.1, 0.15) is 18.0 Å². The number of carbonyl (C=O) groups is 3. The number of halogens is 1. The summed E-state index contributed by atoms with van der Waals surface area (Å²) in [6.07, 6.45) is -0.667. The summed E-state index contributed by atoms with van der Waals surface area (Å²) in [7, 11) is 0. The lowest BCUT2D eigenvalue weighted by molar-refractivity contribution is -0.147. The van der Waals surface area contributed by atoms with Gasteiger partial charge in [-0.3, -0.25) is 9.59 Å². The summed E-state index contributed by atoms with van der Waals surface area (Å²) in [5.41, 5.74) is -0.136. The minimum atomic E-state index is -1.19. The average Bonchev–Trinajstić information content (AvgIpc) is 2.76. The molecule has 0 heterocycles. The van der Waals surface area contributed by atoms with Crippen molar-refractivity contribution in [2.24, 2.45) is 0 Å². The number of nitrogens with one attached hydrogen (secondary N) is 2. The monoisotopic (exact) mass is 471 g/mol. The van der Waals surface area contributed by atoms with Gasteiger partial charge < -0.3 is 20.3 Å². The molecule has 0 fully saturated rings. The third-order valence-electron chi connectivity index (χ3n) is 5.09. The first kappa shape index (κ1) is 26.8. The smallest absolute Gasteiger partial charge is 0.407 e. The summed E-state index contributed by atoms with van der Waals surface area (Å²) < 4.78 is 18.5. The highest BCUT2D eigenvalue weighted by atomic mass is 19.1. The predicted octanol–water partition coefficient (Wildman–Crippen LogP) is 4.16. The summed E-state index contributed by atoms with van der Waals surface area (Å²) >= 11 is 0. The van der Waals surface area contributed by atoms with Crippen LogP contribution in [0.3, 0.4) is 0 Å². The Morgan fingerprint density at radius 3 is 2.12 bits per heavy atom. The van der Waals surface area contributed by atoms with Crippen LogP contribution in [-0.2, 0) is 27.5 Å². The second-order valence-electron chi connectivity index (χ2n) is 9.61. The molecule has 7 nitrogen and oxygen atoms in total. The van der Waals surface area contributed by atoms with Crippen molar-refractivity contribution in [1.29, 1.82) is 0 Å². The van der Waals surface area contributed by atoms with Gasteiger partial charge in [-0.2, -0.15) is 0 Å². The summed E-state index contributed by atoms with van der Waals surface area (Å²) in [4.78, 5) is 39.6. The Morgan fingerprint density at radius 1 is 0.912 bits per heavy atom. The van der Waals surface area contributed by atoms with Crippen LogP contribution in [0.5, 0.6) is 0 Å². The second kappa shape index (κ2) is 11.6. The third-order valence-corrected chi connectivity index (χ3v) is 5.09. The van der Waals surface area contributed by atoms with Crippen molar-refractivity contribution in [2.45, 2.75) is 65.3 Å². The fourth-order valence-corrected chi connectivity index (χ4v) is 3.17. The molecule has 0 saturated heterocycles. The molecule has 8 heteroatoms. The highest BCUT2D eigenvalue weighted by Crippen LogP contribution is 2.21. The van der Waals surface area contributed by atoms with E-state index in [1.54, 1.807) is 26.0 Å². The number of ether oxygens (including phenoxy) is 1. The molecule has 0 aliphatic rings. The van der Waals surface area contributed by atoms with E-state index in [1.807, 2.05) is 51.1 Å². The van der Waals surface area contributed by atoms with Gasteiger partial charge >= 0.3 is 6.09 Å². The van der Waals surface area contributed by atoms with Crippen LogP contribution in [0, 0.1) is 5.82 Å². The maximum Gasteiger partial charge on any atom is 0.407 e. The molecule has 0 spiro atoms. The SMILES string of the molecule is CC(C)(C)NC(=O)C(C)(C)N(Cc1ccc(F)cc1)C(=O)CCNC(=O)OCc1ccccc1. The van der Waals surface area contributed by atoms with Crippen molar-refractivity contribution >= 4 is 17.9 Å². The Hall–Kier alpha value is -3.42. The Labute approximate surface area is 200 Å². The van der Waals surface area contributed by atoms with E-state index in [4.69, 9.17) is 4.74 Å². The van der Waals surface area contributed by atoms with Gasteiger partial charge in [-0.25, -0.2) is 9.18 Å². The zero-order valence-electron chi connectivity index (χ0n) is 20.5. The number of hydrogen-bond acceptors (Lipinski definition) is 4. The second-order valence-corrected chi connectivity index (χ2v) is 9.61. The van der Waals surface area contributed by atoms with Gasteiger partial charge in [-0.1, -0.05) is 42.5 Å². The van der Waals surface area contributed by atoms with Crippen molar-refractivity contribution in [1.82, 2.24) is 15.5 Å². The van der Waals surface area contributed by atoms with Gasteiger partial charge in [0.15, 0.2) is 0 Å². The van der Waals surface area contributed by atoms with Gasteiger partial charge in [0.25, 0.3) is 0 Å². The molecule has 2 aromatic carbocycles. The van der Waals surface area contributed by atoms with Gasteiger partial charge in [0.2, 0.25) is 11.8 Å². The van der Waals surface area contributed by atoms with E-state index in [1.165, 1.54) is 17.0 Å². The summed E-state index contributed by atoms with van der Waals surface area (Å²) in [5.74, 6) is -1.03. The molecule has 0 saturated carbocycles. The lowest BCUT2D eigenvalue weighted by Crippen LogP contribution is -2.60. The number of carbonyl (C=O) groups excluding carboxylic acids is 3. The Morgan fingerprint density at radius 2 is 1.53 bits per heavy atom. The maximum atomic E-state index is 13.3. The fourth-order valence-electron chi connectivity index (χ4n) is 3.17. The maximum absolute atomic E-state index is 13.3. The molecule has 2 aromatic rings. The van der Waals surface area contributed by atoms with Crippen LogP contribution in [-0.4, -0.2) is 40.4 Å². The van der Waals surface area contributed by atoms with Crippen molar-refractivity contribution in [3.63, 3.8) is 0 Å². The minimum Gasteiger partial charge on any atom is -0.445 e. The molecule has 0 aromatic heterocycles. The first-order valence-corrected chi connectivity index (χ1v) is 11.2. The lowest BCUT2D eigenvalue weighted by atomic mass is 9.97. The molecule has 3 amide bonds. The van der Waals surface area contributed by atoms with Gasteiger partial charge in [0.05, 0.1) is 0 Å². The van der Waals surface area contributed by atoms with E-state index in [0.717, 1.165) is 5.56 Å². The molecular weight excluding hydrogens is 437 g/mol. The average molecular weight is 472 g/mol. The van der Waals surface area contributed by atoms with Crippen LogP contribution in [0.1, 0.15) is 52.2 Å². The van der Waals surface area contributed by atoms with Crippen LogP contribution in [0.25, 0.3) is 0 Å². The standard InChI is InChI=1S/C26H34FN3O4/c1-25(2,3)29-23(32)26(4,5)30(17-19-11-13-21(27)14-12-19)22(31)15-16-28-24(33)34-18-20-9-7-6-8-10-20/h6-14H,15-18H2,1-5H3,(H,28,33)(H,29,32). The zero-order chi connectivity index (χ0) is 25.4. The Bertz CT molecular complexity index is 970. The predicted molar refractivity (Wildman–Crippen MR) is 128 cm³/mol. The molecular formula is C26H34FN3O4. The van der Waals surface area contributed by atoms with Crippen molar-refractivity contribution in [2.75, 3.05) is 6.54 Å². The van der Waals surface area contributed by atoms with E-state index >= 15 is 0 Å². The number of hydrogen-bond donors (Lipinski definition) is 2. The van der Waals surface area contributed by atoms with E-state index in [-0.39, 0.29) is 43.7 Å². The number of rotatable bonds is 9. The van der Waals surface area contributed by atoms with Crippen molar-refractivity contribution < 1.29 is 23.5 Å². The van der Waals surface area contributed by atoms with Gasteiger partial charge in [0, 0.05) is 25.0 Å². The number of amides is 3. The van der Waals surface area contributed by atoms with Crippen LogP contribution < -0.4 is 10.6 Å². The third kappa shape index (κ3) is 8.50. The zero-order valence-corrected chi connectivity index (χ0v) is 20.5. The summed E-state index contributed by atoms with van der Waals surface area (Å²) in [6.45, 7) is 9.19. The van der Waals surface area contributed by atoms with Crippen LogP contribution in [0.2, 0.25) is 0 Å². The Balaban J connectivity index is 2.03. The van der Waals surface area contributed by atoms with E-state index in [0.29, 0.717) is 5.56 Å². The van der Waals surface area contributed by atoms with E-state index in [9.17, 15) is 18.8 Å². The molecule has 0 aliphatic carbocycles. The largest absolute Gasteiger partial charge is 0.445 e. The first-order valence-electron chi connectivity index (χ1n) is 11.2. The van der Waals surface area contributed by atoms with Gasteiger partial charge in [-0.15, -0.1) is 0 Å². The topological polar surface area (TPSA) is 87.7 Å². The molecule has 2 rings (SSSR count). The molecule has 0 bridgehead atoms. The molecule has 184 valence electrons. The highest BCUT2D eigenvalue weighted by molar-refractivity contribution is 5.91. The van der Waals surface area contributed by atoms with Crippen molar-refractivity contribution in [3.8, 4) is 0 Å². The number of nitrogens with zero attached hydrogens (tertiary/aromatic N) is 1. The van der Waals surface area contributed by atoms with E-state index in [2.05, 4.69) is 10.6 Å². The molecule has 0 radical (unpaired) electrons. The van der Waals surface area contributed by atoms with Crippen LogP contribution in [0.4, 0.5) is 9.18 Å². The quantitative estimate of drug-likeness (QED) is 0.575. The summed E-state index contributed by atoms with van der Waals surface area (Å²) in [5, 5.41) is 5.48. The molecule has 0 atom stereocenters. The summed E-state index contributed by atoms with van der Waals surface area (Å²) in [6, 6.07) is 15.0. The highest BCUT2D eigenvalue weighted by Gasteiger charge is 2.39. The minimum absolute atomic E-state index is 0.0339. The molecule has 0 aliphatic heterocycles. The van der Waals surface area contributed by atoms with Crippen LogP contribution >= 0.6 is 0 Å². The number of benzene rings is 2. The van der Waals surface area contributed by atoms with E-state index < -0.39 is 17.2 Å². The normalized spacial score (nSPS) is 11.5. The van der Waals surface area contributed by atoms with Crippen molar-refractivity contribution in [3.05, 3.63) is 71.5 Å². The fraction of sp³-hybridized carbons (Fsp3) is 0.423. The molecule has 34 heavy (non-hydrogen) atoms. The molecule has 2 N–H and O–H groups in total. The lowest BCUT2D eigenvalue weighted by Gasteiger charge is -2.39.